The van der Waals surface area contributed by atoms with Crippen LogP contribution in [0.4, 0.5) is 11.4 Å². The second-order valence-corrected chi connectivity index (χ2v) is 4.84. The summed E-state index contributed by atoms with van der Waals surface area (Å²) in [7, 11) is 0. The van der Waals surface area contributed by atoms with Gasteiger partial charge in [-0.25, -0.2) is 0 Å². The summed E-state index contributed by atoms with van der Waals surface area (Å²) in [6.07, 6.45) is 1.07. The van der Waals surface area contributed by atoms with Crippen molar-refractivity contribution >= 4 is 23.1 Å². The van der Waals surface area contributed by atoms with Crippen molar-refractivity contribution in [3.8, 4) is 0 Å². The third kappa shape index (κ3) is 3.13. The van der Waals surface area contributed by atoms with Gasteiger partial charge in [0.2, 0.25) is 0 Å². The molecular weight excluding hydrogens is 224 g/mol. The molecule has 0 aliphatic carbocycles. The van der Waals surface area contributed by atoms with E-state index in [-0.39, 0.29) is 11.4 Å². The molecular formula is C11H16N2O2S. The van der Waals surface area contributed by atoms with Gasteiger partial charge >= 0.3 is 5.69 Å². The van der Waals surface area contributed by atoms with Crippen molar-refractivity contribution in [2.45, 2.75) is 25.2 Å². The first-order valence-electron chi connectivity index (χ1n) is 5.22. The van der Waals surface area contributed by atoms with Gasteiger partial charge in [-0.2, -0.15) is 0 Å². The van der Waals surface area contributed by atoms with Crippen LogP contribution in [0.2, 0.25) is 0 Å². The molecule has 1 unspecified atom stereocenters. The first-order chi connectivity index (χ1) is 7.56. The first kappa shape index (κ1) is 12.8. The molecule has 2 N–H and O–H groups in total. The molecule has 1 aromatic carbocycles. The second-order valence-electron chi connectivity index (χ2n) is 3.78. The van der Waals surface area contributed by atoms with Crippen LogP contribution in [-0.4, -0.2) is 10.7 Å². The Labute approximate surface area is 99.4 Å². The quantitative estimate of drug-likeness (QED) is 0.371. The van der Waals surface area contributed by atoms with Crippen LogP contribution in [0.15, 0.2) is 23.1 Å². The zero-order chi connectivity index (χ0) is 12.1. The van der Waals surface area contributed by atoms with E-state index in [4.69, 9.17) is 5.73 Å². The fourth-order valence-electron chi connectivity index (χ4n) is 1.20. The number of rotatable bonds is 5. The monoisotopic (exact) mass is 240 g/mol. The molecule has 0 saturated heterocycles. The minimum Gasteiger partial charge on any atom is -0.393 e. The zero-order valence-corrected chi connectivity index (χ0v) is 10.3. The van der Waals surface area contributed by atoms with Crippen molar-refractivity contribution < 1.29 is 4.92 Å². The van der Waals surface area contributed by atoms with Gasteiger partial charge in [0, 0.05) is 5.75 Å². The molecule has 88 valence electrons. The van der Waals surface area contributed by atoms with Crippen LogP contribution in [0.5, 0.6) is 0 Å². The lowest BCUT2D eigenvalue weighted by Gasteiger charge is -2.08. The highest BCUT2D eigenvalue weighted by molar-refractivity contribution is 7.99. The highest BCUT2D eigenvalue weighted by Gasteiger charge is 2.18. The van der Waals surface area contributed by atoms with Crippen LogP contribution in [-0.2, 0) is 0 Å². The summed E-state index contributed by atoms with van der Waals surface area (Å²) in [6.45, 7) is 4.24. The van der Waals surface area contributed by atoms with E-state index in [0.717, 1.165) is 12.2 Å². The maximum atomic E-state index is 10.9. The average Bonchev–Trinajstić information content (AvgIpc) is 2.25. The number of para-hydroxylation sites is 1. The van der Waals surface area contributed by atoms with Gasteiger partial charge in [0.25, 0.3) is 0 Å². The van der Waals surface area contributed by atoms with Gasteiger partial charge in [-0.3, -0.25) is 10.1 Å². The number of nitrogens with zero attached hydrogens (tertiary/aromatic N) is 1. The summed E-state index contributed by atoms with van der Waals surface area (Å²) >= 11 is 1.50. The standard InChI is InChI=1S/C11H16N2O2S/c1-3-8(2)7-16-10-6-4-5-9(12)11(10)13(14)15/h4-6,8H,3,7,12H2,1-2H3. The Morgan fingerprint density at radius 2 is 2.25 bits per heavy atom. The molecule has 0 fully saturated rings. The van der Waals surface area contributed by atoms with Crippen molar-refractivity contribution in [3.63, 3.8) is 0 Å². The van der Waals surface area contributed by atoms with Gasteiger partial charge in [0.1, 0.15) is 5.69 Å². The number of nitro benzene ring substituents is 1. The molecule has 4 nitrogen and oxygen atoms in total. The smallest absolute Gasteiger partial charge is 0.305 e. The lowest BCUT2D eigenvalue weighted by atomic mass is 10.2. The van der Waals surface area contributed by atoms with Crippen LogP contribution >= 0.6 is 11.8 Å². The lowest BCUT2D eigenvalue weighted by molar-refractivity contribution is -0.386. The first-order valence-corrected chi connectivity index (χ1v) is 6.20. The van der Waals surface area contributed by atoms with Gasteiger partial charge < -0.3 is 5.73 Å². The molecule has 0 spiro atoms. The average molecular weight is 240 g/mol. The number of hydrogen-bond acceptors (Lipinski definition) is 4. The summed E-state index contributed by atoms with van der Waals surface area (Å²) in [6, 6.07) is 5.06. The molecule has 0 saturated carbocycles. The van der Waals surface area contributed by atoms with E-state index < -0.39 is 4.92 Å². The summed E-state index contributed by atoms with van der Waals surface area (Å²) in [5.41, 5.74) is 5.88. The Hall–Kier alpha value is -1.23. The molecule has 0 aliphatic heterocycles. The zero-order valence-electron chi connectivity index (χ0n) is 9.47. The van der Waals surface area contributed by atoms with Crippen LogP contribution in [0, 0.1) is 16.0 Å². The van der Waals surface area contributed by atoms with Gasteiger partial charge in [0.15, 0.2) is 0 Å². The van der Waals surface area contributed by atoms with Crippen molar-refractivity contribution in [2.24, 2.45) is 5.92 Å². The van der Waals surface area contributed by atoms with Crippen LogP contribution in [0.3, 0.4) is 0 Å². The van der Waals surface area contributed by atoms with Crippen LogP contribution in [0.25, 0.3) is 0 Å². The SMILES string of the molecule is CCC(C)CSc1cccc(N)c1[N+](=O)[O-]. The molecule has 0 aliphatic rings. The molecule has 5 heteroatoms. The summed E-state index contributed by atoms with van der Waals surface area (Å²) in [5, 5.41) is 10.9. The predicted octanol–water partition coefficient (Wildman–Crippen LogP) is 3.32. The van der Waals surface area contributed by atoms with Gasteiger partial charge in [-0.05, 0) is 18.1 Å². The molecule has 1 atom stereocenters. The highest BCUT2D eigenvalue weighted by atomic mass is 32.2. The third-order valence-electron chi connectivity index (χ3n) is 2.43. The minimum atomic E-state index is -0.408. The Morgan fingerprint density at radius 3 is 2.81 bits per heavy atom. The maximum absolute atomic E-state index is 10.9. The number of nitro groups is 1. The molecule has 0 heterocycles. The van der Waals surface area contributed by atoms with E-state index in [1.54, 1.807) is 18.2 Å². The van der Waals surface area contributed by atoms with Gasteiger partial charge in [-0.15, -0.1) is 11.8 Å². The van der Waals surface area contributed by atoms with Crippen LogP contribution in [0.1, 0.15) is 20.3 Å². The Bertz CT molecular complexity index is 382. The predicted molar refractivity (Wildman–Crippen MR) is 67.7 cm³/mol. The van der Waals surface area contributed by atoms with E-state index in [9.17, 15) is 10.1 Å². The molecule has 1 aromatic rings. The molecule has 0 amide bonds. The van der Waals surface area contributed by atoms with Gasteiger partial charge in [0.05, 0.1) is 9.82 Å². The highest BCUT2D eigenvalue weighted by Crippen LogP contribution is 2.34. The number of nitrogens with two attached hydrogens (primary N) is 1. The Kier molecular flexibility index (Phi) is 4.61. The topological polar surface area (TPSA) is 69.2 Å². The number of anilines is 1. The van der Waals surface area contributed by atoms with E-state index in [1.807, 2.05) is 0 Å². The van der Waals surface area contributed by atoms with Crippen molar-refractivity contribution in [2.75, 3.05) is 11.5 Å². The van der Waals surface area contributed by atoms with Gasteiger partial charge in [-0.1, -0.05) is 26.3 Å². The number of hydrogen-bond donors (Lipinski definition) is 1. The van der Waals surface area contributed by atoms with Crippen molar-refractivity contribution in [3.05, 3.63) is 28.3 Å². The molecule has 1 rings (SSSR count). The lowest BCUT2D eigenvalue weighted by Crippen LogP contribution is -2.00. The normalized spacial score (nSPS) is 12.4. The maximum Gasteiger partial charge on any atom is 0.305 e. The van der Waals surface area contributed by atoms with Crippen LogP contribution < -0.4 is 5.73 Å². The number of nitrogen functional groups attached to an aromatic ring is 1. The minimum absolute atomic E-state index is 0.0378. The van der Waals surface area contributed by atoms with E-state index >= 15 is 0 Å². The molecule has 0 aromatic heterocycles. The number of thioether (sulfide) groups is 1. The Morgan fingerprint density at radius 1 is 1.56 bits per heavy atom. The third-order valence-corrected chi connectivity index (χ3v) is 3.81. The summed E-state index contributed by atoms with van der Waals surface area (Å²) < 4.78 is 0. The largest absolute Gasteiger partial charge is 0.393 e. The fourth-order valence-corrected chi connectivity index (χ4v) is 2.40. The summed E-state index contributed by atoms with van der Waals surface area (Å²) in [4.78, 5) is 11.1. The van der Waals surface area contributed by atoms with Crippen molar-refractivity contribution in [1.82, 2.24) is 0 Å². The van der Waals surface area contributed by atoms with E-state index in [0.29, 0.717) is 10.8 Å². The fraction of sp³-hybridized carbons (Fsp3) is 0.455. The molecule has 0 radical (unpaired) electrons. The molecule has 0 bridgehead atoms. The molecule has 16 heavy (non-hydrogen) atoms. The summed E-state index contributed by atoms with van der Waals surface area (Å²) in [5.74, 6) is 1.42. The van der Waals surface area contributed by atoms with Crippen molar-refractivity contribution in [1.29, 1.82) is 0 Å². The second kappa shape index (κ2) is 5.75. The van der Waals surface area contributed by atoms with E-state index in [1.165, 1.54) is 11.8 Å². The van der Waals surface area contributed by atoms with E-state index in [2.05, 4.69) is 13.8 Å². The Balaban J connectivity index is 2.87. The number of benzene rings is 1.